The van der Waals surface area contributed by atoms with Gasteiger partial charge in [0.1, 0.15) is 5.76 Å². The lowest BCUT2D eigenvalue weighted by atomic mass is 10.1. The zero-order valence-corrected chi connectivity index (χ0v) is 17.1. The molecule has 3 aromatic rings. The molecule has 0 saturated carbocycles. The summed E-state index contributed by atoms with van der Waals surface area (Å²) in [7, 11) is -3.80. The van der Waals surface area contributed by atoms with Crippen molar-refractivity contribution in [3.8, 4) is 11.3 Å². The Kier molecular flexibility index (Phi) is 5.92. The summed E-state index contributed by atoms with van der Waals surface area (Å²) in [5, 5.41) is 18.7. The molecule has 11 heteroatoms. The van der Waals surface area contributed by atoms with Crippen LogP contribution in [0.2, 0.25) is 5.02 Å². The van der Waals surface area contributed by atoms with Gasteiger partial charge < -0.3 is 9.73 Å². The number of carbonyl (C=O) groups is 1. The third kappa shape index (κ3) is 4.67. The van der Waals surface area contributed by atoms with Gasteiger partial charge >= 0.3 is 0 Å². The zero-order chi connectivity index (χ0) is 22.1. The lowest BCUT2D eigenvalue weighted by Crippen LogP contribution is -2.26. The molecule has 156 valence electrons. The van der Waals surface area contributed by atoms with Crippen molar-refractivity contribution in [3.63, 3.8) is 0 Å². The highest BCUT2D eigenvalue weighted by molar-refractivity contribution is 7.89. The van der Waals surface area contributed by atoms with Crippen molar-refractivity contribution in [3.05, 3.63) is 81.1 Å². The standard InChI is InChI=1S/C19H16ClN3O6S/c1-11(12-2-5-14(6-3-12)30(21,27)28)22-19(24)18-9-8-17(29-18)15-7-4-13(23(25)26)10-16(15)20/h2-11H,1H3,(H,22,24)(H2,21,27,28)/t11-/m0/s1. The molecule has 2 aromatic carbocycles. The maximum Gasteiger partial charge on any atom is 0.287 e. The molecular weight excluding hydrogens is 434 g/mol. The third-order valence-electron chi connectivity index (χ3n) is 4.31. The number of sulfonamides is 1. The van der Waals surface area contributed by atoms with E-state index in [0.717, 1.165) is 0 Å². The molecule has 0 aliphatic carbocycles. The smallest absolute Gasteiger partial charge is 0.287 e. The van der Waals surface area contributed by atoms with Gasteiger partial charge in [0.15, 0.2) is 5.76 Å². The van der Waals surface area contributed by atoms with Crippen molar-refractivity contribution in [1.29, 1.82) is 0 Å². The van der Waals surface area contributed by atoms with Gasteiger partial charge in [0.2, 0.25) is 10.0 Å². The summed E-state index contributed by atoms with van der Waals surface area (Å²) < 4.78 is 28.2. The van der Waals surface area contributed by atoms with Crippen molar-refractivity contribution in [1.82, 2.24) is 5.32 Å². The number of hydrogen-bond donors (Lipinski definition) is 2. The van der Waals surface area contributed by atoms with Crippen LogP contribution in [0.1, 0.15) is 29.1 Å². The van der Waals surface area contributed by atoms with Crippen LogP contribution >= 0.6 is 11.6 Å². The summed E-state index contributed by atoms with van der Waals surface area (Å²) in [5.74, 6) is -0.195. The monoisotopic (exact) mass is 449 g/mol. The second-order valence-corrected chi connectivity index (χ2v) is 8.36. The van der Waals surface area contributed by atoms with Crippen molar-refractivity contribution in [2.24, 2.45) is 5.14 Å². The molecule has 0 bridgehead atoms. The molecule has 0 unspecified atom stereocenters. The molecule has 1 amide bonds. The lowest BCUT2D eigenvalue weighted by molar-refractivity contribution is -0.384. The minimum atomic E-state index is -3.80. The number of benzene rings is 2. The molecule has 0 aliphatic rings. The van der Waals surface area contributed by atoms with Crippen LogP contribution in [0.4, 0.5) is 5.69 Å². The fraction of sp³-hybridized carbons (Fsp3) is 0.105. The Hall–Kier alpha value is -3.21. The Labute approximate surface area is 176 Å². The van der Waals surface area contributed by atoms with Gasteiger partial charge in [-0.05, 0) is 42.8 Å². The first-order valence-corrected chi connectivity index (χ1v) is 10.5. The maximum atomic E-state index is 12.5. The maximum absolute atomic E-state index is 12.5. The summed E-state index contributed by atoms with van der Waals surface area (Å²) in [6, 6.07) is 12.3. The predicted octanol–water partition coefficient (Wildman–Crippen LogP) is 3.65. The minimum Gasteiger partial charge on any atom is -0.451 e. The molecule has 0 spiro atoms. The first kappa shape index (κ1) is 21.5. The van der Waals surface area contributed by atoms with Crippen LogP contribution in [-0.4, -0.2) is 19.2 Å². The summed E-state index contributed by atoms with van der Waals surface area (Å²) in [5.41, 5.74) is 0.921. The van der Waals surface area contributed by atoms with Crippen LogP contribution < -0.4 is 10.5 Å². The van der Waals surface area contributed by atoms with E-state index < -0.39 is 26.9 Å². The van der Waals surface area contributed by atoms with E-state index in [1.165, 1.54) is 42.5 Å². The van der Waals surface area contributed by atoms with Gasteiger partial charge in [-0.15, -0.1) is 0 Å². The highest BCUT2D eigenvalue weighted by atomic mass is 35.5. The Bertz CT molecular complexity index is 1220. The fourth-order valence-corrected chi connectivity index (χ4v) is 3.50. The number of rotatable bonds is 6. The number of hydrogen-bond acceptors (Lipinski definition) is 6. The molecule has 9 nitrogen and oxygen atoms in total. The van der Waals surface area contributed by atoms with Gasteiger partial charge in [0, 0.05) is 17.7 Å². The van der Waals surface area contributed by atoms with E-state index >= 15 is 0 Å². The topological polar surface area (TPSA) is 146 Å². The first-order chi connectivity index (χ1) is 14.1. The molecule has 1 atom stereocenters. The van der Waals surface area contributed by atoms with E-state index in [4.69, 9.17) is 21.2 Å². The number of non-ortho nitro benzene ring substituents is 1. The number of nitro benzene ring substituents is 1. The summed E-state index contributed by atoms with van der Waals surface area (Å²) in [4.78, 5) is 22.7. The second kappa shape index (κ2) is 8.27. The van der Waals surface area contributed by atoms with Gasteiger partial charge in [0.05, 0.1) is 20.9 Å². The molecule has 3 rings (SSSR count). The van der Waals surface area contributed by atoms with E-state index in [2.05, 4.69) is 5.32 Å². The highest BCUT2D eigenvalue weighted by Crippen LogP contribution is 2.32. The van der Waals surface area contributed by atoms with Crippen LogP contribution in [0.25, 0.3) is 11.3 Å². The number of amides is 1. The highest BCUT2D eigenvalue weighted by Gasteiger charge is 2.18. The van der Waals surface area contributed by atoms with Crippen LogP contribution in [0.3, 0.4) is 0 Å². The van der Waals surface area contributed by atoms with Crippen molar-refractivity contribution >= 4 is 33.2 Å². The molecule has 0 saturated heterocycles. The van der Waals surface area contributed by atoms with Gasteiger partial charge in [-0.1, -0.05) is 23.7 Å². The molecular formula is C19H16ClN3O6S. The van der Waals surface area contributed by atoms with Crippen LogP contribution in [-0.2, 0) is 10.0 Å². The van der Waals surface area contributed by atoms with E-state index in [1.54, 1.807) is 19.1 Å². The van der Waals surface area contributed by atoms with Gasteiger partial charge in [0.25, 0.3) is 11.6 Å². The number of nitrogens with zero attached hydrogens (tertiary/aromatic N) is 1. The number of nitro groups is 1. The van der Waals surface area contributed by atoms with E-state index in [1.807, 2.05) is 0 Å². The van der Waals surface area contributed by atoms with E-state index in [9.17, 15) is 23.3 Å². The summed E-state index contributed by atoms with van der Waals surface area (Å²) >= 11 is 6.09. The van der Waals surface area contributed by atoms with Crippen molar-refractivity contribution in [2.75, 3.05) is 0 Å². The Morgan fingerprint density at radius 1 is 1.17 bits per heavy atom. The van der Waals surface area contributed by atoms with Crippen LogP contribution in [0.5, 0.6) is 0 Å². The molecule has 1 aromatic heterocycles. The number of primary sulfonamides is 1. The predicted molar refractivity (Wildman–Crippen MR) is 110 cm³/mol. The average Bonchev–Trinajstić information content (AvgIpc) is 3.17. The normalized spacial score (nSPS) is 12.4. The Balaban J connectivity index is 1.74. The number of carbonyl (C=O) groups excluding carboxylic acids is 1. The van der Waals surface area contributed by atoms with Gasteiger partial charge in [-0.2, -0.15) is 0 Å². The number of halogens is 1. The van der Waals surface area contributed by atoms with Crippen molar-refractivity contribution in [2.45, 2.75) is 17.9 Å². The summed E-state index contributed by atoms with van der Waals surface area (Å²) in [6.45, 7) is 1.72. The first-order valence-electron chi connectivity index (χ1n) is 8.54. The molecule has 0 radical (unpaired) electrons. The van der Waals surface area contributed by atoms with E-state index in [0.29, 0.717) is 11.1 Å². The number of nitrogens with two attached hydrogens (primary N) is 1. The number of furan rings is 1. The molecule has 1 heterocycles. The van der Waals surface area contributed by atoms with Crippen LogP contribution in [0.15, 0.2) is 63.9 Å². The molecule has 0 aliphatic heterocycles. The Morgan fingerprint density at radius 3 is 2.40 bits per heavy atom. The van der Waals surface area contributed by atoms with Gasteiger partial charge in [-0.25, -0.2) is 13.6 Å². The average molecular weight is 450 g/mol. The quantitative estimate of drug-likeness (QED) is 0.433. The SMILES string of the molecule is C[C@H](NC(=O)c1ccc(-c2ccc([N+](=O)[O-])cc2Cl)o1)c1ccc(S(N)(=O)=O)cc1. The summed E-state index contributed by atoms with van der Waals surface area (Å²) in [6.07, 6.45) is 0. The van der Waals surface area contributed by atoms with Gasteiger partial charge in [-0.3, -0.25) is 14.9 Å². The lowest BCUT2D eigenvalue weighted by Gasteiger charge is -2.13. The zero-order valence-electron chi connectivity index (χ0n) is 15.5. The molecule has 3 N–H and O–H groups in total. The largest absolute Gasteiger partial charge is 0.451 e. The van der Waals surface area contributed by atoms with Crippen LogP contribution in [0, 0.1) is 10.1 Å². The molecule has 0 fully saturated rings. The second-order valence-electron chi connectivity index (χ2n) is 6.39. The third-order valence-corrected chi connectivity index (χ3v) is 5.56. The van der Waals surface area contributed by atoms with E-state index in [-0.39, 0.29) is 27.1 Å². The fourth-order valence-electron chi connectivity index (χ4n) is 2.72. The molecule has 30 heavy (non-hydrogen) atoms. The number of nitrogens with one attached hydrogen (secondary N) is 1. The van der Waals surface area contributed by atoms with Crippen molar-refractivity contribution < 1.29 is 22.6 Å². The minimum absolute atomic E-state index is 0.0208. The Morgan fingerprint density at radius 2 is 1.83 bits per heavy atom.